The molecule has 190 valence electrons. The van der Waals surface area contributed by atoms with E-state index in [-0.39, 0.29) is 25.4 Å². The highest BCUT2D eigenvalue weighted by Crippen LogP contribution is 2.12. The van der Waals surface area contributed by atoms with Gasteiger partial charge in [0.15, 0.2) is 0 Å². The SMILES string of the molecule is Cc1ccc(NC(=O)CCCCn2c(=O)c3ccccc3n(CC(=O)Nc3ccc(F)cc3)c2=O)cc1. The van der Waals surface area contributed by atoms with Crippen molar-refractivity contribution in [2.45, 2.75) is 39.3 Å². The van der Waals surface area contributed by atoms with Gasteiger partial charge in [0.1, 0.15) is 12.4 Å². The van der Waals surface area contributed by atoms with E-state index >= 15 is 0 Å². The molecule has 0 aliphatic heterocycles. The van der Waals surface area contributed by atoms with E-state index in [4.69, 9.17) is 0 Å². The predicted octanol–water partition coefficient (Wildman–Crippen LogP) is 4.06. The predicted molar refractivity (Wildman–Crippen MR) is 141 cm³/mol. The van der Waals surface area contributed by atoms with Gasteiger partial charge in [-0.15, -0.1) is 0 Å². The quantitative estimate of drug-likeness (QED) is 0.337. The summed E-state index contributed by atoms with van der Waals surface area (Å²) >= 11 is 0. The molecule has 1 aromatic heterocycles. The lowest BCUT2D eigenvalue weighted by Gasteiger charge is -2.14. The van der Waals surface area contributed by atoms with Crippen LogP contribution in [-0.4, -0.2) is 20.9 Å². The number of hydrogen-bond donors (Lipinski definition) is 2. The molecule has 1 heterocycles. The molecule has 3 aromatic carbocycles. The molecule has 8 nitrogen and oxygen atoms in total. The van der Waals surface area contributed by atoms with Crippen molar-refractivity contribution in [1.82, 2.24) is 9.13 Å². The molecular weight excluding hydrogens is 475 g/mol. The molecule has 0 bridgehead atoms. The first-order valence-corrected chi connectivity index (χ1v) is 12.0. The maximum absolute atomic E-state index is 13.3. The van der Waals surface area contributed by atoms with Crippen molar-refractivity contribution < 1.29 is 14.0 Å². The fraction of sp³-hybridized carbons (Fsp3) is 0.214. The van der Waals surface area contributed by atoms with E-state index in [1.165, 1.54) is 28.8 Å². The third-order valence-electron chi connectivity index (χ3n) is 5.93. The van der Waals surface area contributed by atoms with Crippen molar-refractivity contribution in [3.63, 3.8) is 0 Å². The minimum absolute atomic E-state index is 0.111. The lowest BCUT2D eigenvalue weighted by Crippen LogP contribution is -2.41. The summed E-state index contributed by atoms with van der Waals surface area (Å²) in [7, 11) is 0. The summed E-state index contributed by atoms with van der Waals surface area (Å²) in [5.74, 6) is -1.07. The van der Waals surface area contributed by atoms with Crippen LogP contribution in [0.4, 0.5) is 15.8 Å². The third-order valence-corrected chi connectivity index (χ3v) is 5.93. The molecule has 0 radical (unpaired) electrons. The number of benzene rings is 3. The topological polar surface area (TPSA) is 102 Å². The zero-order valence-corrected chi connectivity index (χ0v) is 20.4. The Morgan fingerprint density at radius 3 is 2.11 bits per heavy atom. The van der Waals surface area contributed by atoms with Crippen molar-refractivity contribution in [2.75, 3.05) is 10.6 Å². The van der Waals surface area contributed by atoms with E-state index in [9.17, 15) is 23.6 Å². The number of aromatic nitrogens is 2. The largest absolute Gasteiger partial charge is 0.331 e. The van der Waals surface area contributed by atoms with Gasteiger partial charge in [0.2, 0.25) is 11.8 Å². The van der Waals surface area contributed by atoms with Crippen LogP contribution in [0.1, 0.15) is 24.8 Å². The summed E-state index contributed by atoms with van der Waals surface area (Å²) < 4.78 is 15.5. The number of aryl methyl sites for hydroxylation is 1. The van der Waals surface area contributed by atoms with Crippen LogP contribution in [0.15, 0.2) is 82.4 Å². The molecule has 2 N–H and O–H groups in total. The van der Waals surface area contributed by atoms with Crippen LogP contribution in [0.3, 0.4) is 0 Å². The first-order chi connectivity index (χ1) is 17.8. The number of nitrogens with one attached hydrogen (secondary N) is 2. The number of para-hydroxylation sites is 1. The fourth-order valence-corrected chi connectivity index (χ4v) is 4.01. The van der Waals surface area contributed by atoms with Crippen molar-refractivity contribution in [2.24, 2.45) is 0 Å². The molecule has 0 spiro atoms. The highest BCUT2D eigenvalue weighted by atomic mass is 19.1. The molecular formula is C28H27FN4O4. The van der Waals surface area contributed by atoms with Crippen LogP contribution in [0.2, 0.25) is 0 Å². The number of carbonyl (C=O) groups excluding carboxylic acids is 2. The van der Waals surface area contributed by atoms with E-state index in [0.29, 0.717) is 35.1 Å². The van der Waals surface area contributed by atoms with Gasteiger partial charge >= 0.3 is 5.69 Å². The minimum atomic E-state index is -0.609. The summed E-state index contributed by atoms with van der Waals surface area (Å²) in [5.41, 5.74) is 1.49. The molecule has 0 aliphatic carbocycles. The summed E-state index contributed by atoms with van der Waals surface area (Å²) in [6.45, 7) is 1.75. The van der Waals surface area contributed by atoms with Crippen LogP contribution in [0.25, 0.3) is 10.9 Å². The van der Waals surface area contributed by atoms with Gasteiger partial charge in [0.25, 0.3) is 5.56 Å². The lowest BCUT2D eigenvalue weighted by molar-refractivity contribution is -0.117. The van der Waals surface area contributed by atoms with E-state index in [1.807, 2.05) is 31.2 Å². The Morgan fingerprint density at radius 2 is 1.41 bits per heavy atom. The normalized spacial score (nSPS) is 10.9. The van der Waals surface area contributed by atoms with Crippen LogP contribution in [0.5, 0.6) is 0 Å². The number of halogens is 1. The first-order valence-electron chi connectivity index (χ1n) is 12.0. The van der Waals surface area contributed by atoms with Crippen molar-refractivity contribution >= 4 is 34.1 Å². The standard InChI is InChI=1S/C28H27FN4O4/c1-19-9-13-21(14-10-19)30-25(34)8-4-5-17-32-27(36)23-6-2-3-7-24(23)33(28(32)37)18-26(35)31-22-15-11-20(29)12-16-22/h2-3,6-7,9-16H,4-5,8,17-18H2,1H3,(H,30,34)(H,31,35). The van der Waals surface area contributed by atoms with Gasteiger partial charge in [-0.05, 0) is 68.3 Å². The average molecular weight is 503 g/mol. The summed E-state index contributed by atoms with van der Waals surface area (Å²) in [5, 5.41) is 5.78. The maximum Gasteiger partial charge on any atom is 0.331 e. The van der Waals surface area contributed by atoms with E-state index in [1.54, 1.807) is 24.3 Å². The van der Waals surface area contributed by atoms with Gasteiger partial charge < -0.3 is 10.6 Å². The summed E-state index contributed by atoms with van der Waals surface area (Å²) in [6.07, 6.45) is 1.14. The van der Waals surface area contributed by atoms with Crippen LogP contribution in [0, 0.1) is 12.7 Å². The fourth-order valence-electron chi connectivity index (χ4n) is 4.01. The summed E-state index contributed by atoms with van der Waals surface area (Å²) in [6, 6.07) is 19.4. The second-order valence-electron chi connectivity index (χ2n) is 8.77. The molecule has 0 unspecified atom stereocenters. The van der Waals surface area contributed by atoms with Gasteiger partial charge in [0, 0.05) is 24.3 Å². The Bertz CT molecular complexity index is 1540. The molecule has 0 aliphatic rings. The van der Waals surface area contributed by atoms with Crippen molar-refractivity contribution in [1.29, 1.82) is 0 Å². The third kappa shape index (κ3) is 6.38. The molecule has 0 saturated carbocycles. The van der Waals surface area contributed by atoms with Gasteiger partial charge in [0.05, 0.1) is 10.9 Å². The molecule has 9 heteroatoms. The number of nitrogens with zero attached hydrogens (tertiary/aromatic N) is 2. The lowest BCUT2D eigenvalue weighted by atomic mass is 10.2. The molecule has 4 rings (SSSR count). The van der Waals surface area contributed by atoms with Gasteiger partial charge in [-0.25, -0.2) is 9.18 Å². The Hall–Kier alpha value is -4.53. The minimum Gasteiger partial charge on any atom is -0.326 e. The number of hydrogen-bond acceptors (Lipinski definition) is 4. The Kier molecular flexibility index (Phi) is 7.92. The summed E-state index contributed by atoms with van der Waals surface area (Å²) in [4.78, 5) is 51.2. The van der Waals surface area contributed by atoms with E-state index in [2.05, 4.69) is 10.6 Å². The van der Waals surface area contributed by atoms with E-state index < -0.39 is 23.0 Å². The molecule has 4 aromatic rings. The van der Waals surface area contributed by atoms with E-state index in [0.717, 1.165) is 10.1 Å². The Labute approximate surface area is 212 Å². The Balaban J connectivity index is 1.46. The highest BCUT2D eigenvalue weighted by molar-refractivity contribution is 5.92. The van der Waals surface area contributed by atoms with Crippen LogP contribution >= 0.6 is 0 Å². The number of carbonyl (C=O) groups is 2. The monoisotopic (exact) mass is 502 g/mol. The number of fused-ring (bicyclic) bond motifs is 1. The van der Waals surface area contributed by atoms with Gasteiger partial charge in [-0.3, -0.25) is 23.5 Å². The van der Waals surface area contributed by atoms with Crippen LogP contribution in [-0.2, 0) is 22.7 Å². The smallest absolute Gasteiger partial charge is 0.326 e. The average Bonchev–Trinajstić information content (AvgIpc) is 2.89. The Morgan fingerprint density at radius 1 is 0.784 bits per heavy atom. The van der Waals surface area contributed by atoms with Gasteiger partial charge in [-0.1, -0.05) is 29.8 Å². The highest BCUT2D eigenvalue weighted by Gasteiger charge is 2.15. The van der Waals surface area contributed by atoms with Crippen molar-refractivity contribution in [3.8, 4) is 0 Å². The zero-order chi connectivity index (χ0) is 26.4. The number of unbranched alkanes of at least 4 members (excludes halogenated alkanes) is 1. The van der Waals surface area contributed by atoms with Crippen molar-refractivity contribution in [3.05, 3.63) is 105 Å². The second kappa shape index (κ2) is 11.5. The second-order valence-corrected chi connectivity index (χ2v) is 8.77. The van der Waals surface area contributed by atoms with Crippen LogP contribution < -0.4 is 21.9 Å². The first kappa shape index (κ1) is 25.6. The number of amides is 2. The number of rotatable bonds is 9. The zero-order valence-electron chi connectivity index (χ0n) is 20.4. The molecule has 0 fully saturated rings. The molecule has 0 saturated heterocycles. The maximum atomic E-state index is 13.3. The molecule has 0 atom stereocenters. The number of anilines is 2. The molecule has 2 amide bonds. The van der Waals surface area contributed by atoms with Gasteiger partial charge in [-0.2, -0.15) is 0 Å². The molecule has 37 heavy (non-hydrogen) atoms.